The number of aromatic nitrogens is 4. The third-order valence-electron chi connectivity index (χ3n) is 4.67. The number of hydrogen-bond donors (Lipinski definition) is 0. The predicted octanol–water partition coefficient (Wildman–Crippen LogP) is 6.32. The quantitative estimate of drug-likeness (QED) is 0.271. The van der Waals surface area contributed by atoms with Gasteiger partial charge < -0.3 is 9.47 Å². The molecule has 5 aromatic rings. The van der Waals surface area contributed by atoms with Gasteiger partial charge in [-0.15, -0.1) is 10.2 Å². The predicted molar refractivity (Wildman–Crippen MR) is 126 cm³/mol. The summed E-state index contributed by atoms with van der Waals surface area (Å²) in [5.74, 6) is 1.90. The largest absolute Gasteiger partial charge is 0.486 e. The van der Waals surface area contributed by atoms with Crippen LogP contribution in [0.15, 0.2) is 72.8 Å². The Morgan fingerprint density at radius 2 is 1.59 bits per heavy atom. The first kappa shape index (κ1) is 20.8. The van der Waals surface area contributed by atoms with Gasteiger partial charge in [-0.2, -0.15) is 9.61 Å². The topological polar surface area (TPSA) is 61.5 Å². The number of fused-ring (bicyclic) bond motifs is 1. The Bertz CT molecular complexity index is 1350. The minimum Gasteiger partial charge on any atom is -0.486 e. The van der Waals surface area contributed by atoms with E-state index in [-0.39, 0.29) is 13.2 Å². The molecular weight excluding hydrogens is 467 g/mol. The van der Waals surface area contributed by atoms with Crippen LogP contribution >= 0.6 is 34.5 Å². The van der Waals surface area contributed by atoms with Crippen molar-refractivity contribution < 1.29 is 9.47 Å². The summed E-state index contributed by atoms with van der Waals surface area (Å²) in [6.07, 6.45) is 0. The van der Waals surface area contributed by atoms with E-state index in [1.165, 1.54) is 11.3 Å². The van der Waals surface area contributed by atoms with E-state index in [1.54, 1.807) is 22.7 Å². The molecule has 0 radical (unpaired) electrons. The maximum Gasteiger partial charge on any atom is 0.234 e. The van der Waals surface area contributed by atoms with Crippen LogP contribution in [0.1, 0.15) is 10.8 Å². The highest BCUT2D eigenvalue weighted by Gasteiger charge is 2.13. The van der Waals surface area contributed by atoms with E-state index in [0.717, 1.165) is 21.9 Å². The van der Waals surface area contributed by atoms with E-state index in [1.807, 2.05) is 42.5 Å². The molecule has 0 aliphatic rings. The van der Waals surface area contributed by atoms with Crippen LogP contribution < -0.4 is 9.47 Å². The highest BCUT2D eigenvalue weighted by molar-refractivity contribution is 7.16. The summed E-state index contributed by atoms with van der Waals surface area (Å²) in [7, 11) is 0. The maximum atomic E-state index is 6.15. The molecule has 9 heteroatoms. The van der Waals surface area contributed by atoms with Gasteiger partial charge in [0.15, 0.2) is 10.8 Å². The molecule has 6 nitrogen and oxygen atoms in total. The molecule has 2 aromatic heterocycles. The minimum absolute atomic E-state index is 0.249. The van der Waals surface area contributed by atoms with Crippen LogP contribution in [0.2, 0.25) is 10.0 Å². The minimum atomic E-state index is 0.249. The second kappa shape index (κ2) is 9.16. The maximum absolute atomic E-state index is 6.15. The second-order valence-corrected chi connectivity index (χ2v) is 8.73. The lowest BCUT2D eigenvalue weighted by molar-refractivity contribution is 0.290. The molecule has 0 unspecified atom stereocenters. The van der Waals surface area contributed by atoms with Crippen LogP contribution in [0.4, 0.5) is 0 Å². The highest BCUT2D eigenvalue weighted by Crippen LogP contribution is 2.29. The fraction of sp³-hybridized carbons (Fsp3) is 0.0870. The van der Waals surface area contributed by atoms with Gasteiger partial charge >= 0.3 is 0 Å². The van der Waals surface area contributed by atoms with Gasteiger partial charge in [-0.1, -0.05) is 77.0 Å². The Hall–Kier alpha value is -3.13. The summed E-state index contributed by atoms with van der Waals surface area (Å²) in [5, 5.41) is 14.6. The summed E-state index contributed by atoms with van der Waals surface area (Å²) < 4.78 is 13.3. The Kier molecular flexibility index (Phi) is 5.94. The standard InChI is InChI=1S/C23H16Cl2N4O2S/c24-17-8-11-20(19(25)12-17)31-14-22-28-29-21(26-27-23(29)32-22)13-30-18-9-6-16(7-10-18)15-4-2-1-3-5-15/h1-12H,13-14H2. The zero-order valence-corrected chi connectivity index (χ0v) is 18.9. The fourth-order valence-electron chi connectivity index (χ4n) is 3.10. The number of hydrogen-bond acceptors (Lipinski definition) is 6. The van der Waals surface area contributed by atoms with E-state index in [4.69, 9.17) is 32.7 Å². The van der Waals surface area contributed by atoms with Crippen molar-refractivity contribution in [2.24, 2.45) is 0 Å². The average molecular weight is 483 g/mol. The molecule has 0 saturated heterocycles. The second-order valence-electron chi connectivity index (χ2n) is 6.85. The lowest BCUT2D eigenvalue weighted by Crippen LogP contribution is -2.03. The van der Waals surface area contributed by atoms with Crippen LogP contribution in [0, 0.1) is 0 Å². The first-order chi connectivity index (χ1) is 15.7. The number of rotatable bonds is 7. The molecule has 0 aliphatic heterocycles. The molecule has 160 valence electrons. The lowest BCUT2D eigenvalue weighted by Gasteiger charge is -2.06. The van der Waals surface area contributed by atoms with Crippen molar-refractivity contribution in [1.29, 1.82) is 0 Å². The van der Waals surface area contributed by atoms with E-state index in [9.17, 15) is 0 Å². The van der Waals surface area contributed by atoms with E-state index >= 15 is 0 Å². The van der Waals surface area contributed by atoms with Crippen molar-refractivity contribution in [3.8, 4) is 22.6 Å². The first-order valence-corrected chi connectivity index (χ1v) is 11.3. The molecule has 5 rings (SSSR count). The zero-order chi connectivity index (χ0) is 21.9. The summed E-state index contributed by atoms with van der Waals surface area (Å²) in [5.41, 5.74) is 2.29. The summed E-state index contributed by atoms with van der Waals surface area (Å²) in [6, 6.07) is 23.2. The average Bonchev–Trinajstić information content (AvgIpc) is 3.39. The van der Waals surface area contributed by atoms with E-state index < -0.39 is 0 Å². The molecule has 0 aliphatic carbocycles. The molecule has 0 saturated carbocycles. The smallest absolute Gasteiger partial charge is 0.234 e. The van der Waals surface area contributed by atoms with Crippen molar-refractivity contribution in [1.82, 2.24) is 19.8 Å². The van der Waals surface area contributed by atoms with Gasteiger partial charge in [0.2, 0.25) is 4.96 Å². The summed E-state index contributed by atoms with van der Waals surface area (Å²) in [6.45, 7) is 0.509. The molecule has 32 heavy (non-hydrogen) atoms. The van der Waals surface area contributed by atoms with Gasteiger partial charge in [0.05, 0.1) is 5.02 Å². The molecule has 3 aromatic carbocycles. The van der Waals surface area contributed by atoms with Crippen molar-refractivity contribution in [3.63, 3.8) is 0 Å². The van der Waals surface area contributed by atoms with E-state index in [0.29, 0.717) is 26.6 Å². The first-order valence-electron chi connectivity index (χ1n) is 9.72. The van der Waals surface area contributed by atoms with Crippen LogP contribution in [0.5, 0.6) is 11.5 Å². The van der Waals surface area contributed by atoms with Crippen molar-refractivity contribution in [3.05, 3.63) is 93.7 Å². The third kappa shape index (κ3) is 4.55. The normalized spacial score (nSPS) is 11.1. The van der Waals surface area contributed by atoms with Gasteiger partial charge in [0.1, 0.15) is 24.7 Å². The molecule has 0 atom stereocenters. The van der Waals surface area contributed by atoms with Crippen molar-refractivity contribution >= 4 is 39.5 Å². The zero-order valence-electron chi connectivity index (χ0n) is 16.6. The van der Waals surface area contributed by atoms with Crippen molar-refractivity contribution in [2.45, 2.75) is 13.2 Å². The molecule has 2 heterocycles. The summed E-state index contributed by atoms with van der Waals surface area (Å²) >= 11 is 13.5. The van der Waals surface area contributed by atoms with Gasteiger partial charge in [-0.05, 0) is 41.5 Å². The number of halogens is 2. The Morgan fingerprint density at radius 1 is 0.812 bits per heavy atom. The number of nitrogens with zero attached hydrogens (tertiary/aromatic N) is 4. The molecule has 0 N–H and O–H groups in total. The summed E-state index contributed by atoms with van der Waals surface area (Å²) in [4.78, 5) is 0.670. The lowest BCUT2D eigenvalue weighted by atomic mass is 10.1. The number of ether oxygens (including phenoxy) is 2. The van der Waals surface area contributed by atoms with Gasteiger partial charge in [-0.3, -0.25) is 0 Å². The Labute approximate surface area is 198 Å². The Balaban J connectivity index is 1.24. The van der Waals surface area contributed by atoms with Crippen LogP contribution in [-0.2, 0) is 13.2 Å². The van der Waals surface area contributed by atoms with E-state index in [2.05, 4.69) is 27.4 Å². The van der Waals surface area contributed by atoms with Gasteiger partial charge in [-0.25, -0.2) is 0 Å². The molecular formula is C23H16Cl2N4O2S. The third-order valence-corrected chi connectivity index (χ3v) is 6.07. The number of benzene rings is 3. The van der Waals surface area contributed by atoms with Crippen LogP contribution in [0.25, 0.3) is 16.1 Å². The Morgan fingerprint density at radius 3 is 2.38 bits per heavy atom. The van der Waals surface area contributed by atoms with Crippen LogP contribution in [0.3, 0.4) is 0 Å². The van der Waals surface area contributed by atoms with Gasteiger partial charge in [0.25, 0.3) is 0 Å². The molecule has 0 fully saturated rings. The van der Waals surface area contributed by atoms with Gasteiger partial charge in [0, 0.05) is 5.02 Å². The van der Waals surface area contributed by atoms with Crippen molar-refractivity contribution in [2.75, 3.05) is 0 Å². The highest BCUT2D eigenvalue weighted by atomic mass is 35.5. The fourth-order valence-corrected chi connectivity index (χ4v) is 4.33. The molecule has 0 spiro atoms. The van der Waals surface area contributed by atoms with Crippen LogP contribution in [-0.4, -0.2) is 19.8 Å². The monoisotopic (exact) mass is 482 g/mol. The molecule has 0 bridgehead atoms. The SMILES string of the molecule is Clc1ccc(OCc2nn3c(COc4ccc(-c5ccccc5)cc4)nnc3s2)c(Cl)c1. The molecule has 0 amide bonds.